The Morgan fingerprint density at radius 3 is 2.36 bits per heavy atom. The lowest BCUT2D eigenvalue weighted by atomic mass is 10.1. The second-order valence-corrected chi connectivity index (χ2v) is 6.85. The third kappa shape index (κ3) is 3.68. The van der Waals surface area contributed by atoms with Crippen LogP contribution in [0.3, 0.4) is 0 Å². The molecule has 1 heterocycles. The summed E-state index contributed by atoms with van der Waals surface area (Å²) in [6.45, 7) is 1.94. The molecule has 28 heavy (non-hydrogen) atoms. The summed E-state index contributed by atoms with van der Waals surface area (Å²) in [7, 11) is 0. The highest BCUT2D eigenvalue weighted by Gasteiger charge is 2.12. The lowest BCUT2D eigenvalue weighted by Gasteiger charge is -2.07. The van der Waals surface area contributed by atoms with Gasteiger partial charge in [-0.25, -0.2) is 9.59 Å². The number of carbonyl (C=O) groups excluding carboxylic acids is 1. The van der Waals surface area contributed by atoms with Crippen LogP contribution in [0.5, 0.6) is 5.75 Å². The number of esters is 1. The Morgan fingerprint density at radius 2 is 1.64 bits per heavy atom. The van der Waals surface area contributed by atoms with Crippen LogP contribution < -0.4 is 10.4 Å². The molecule has 4 rings (SSSR count). The topological polar surface area (TPSA) is 56.5 Å². The highest BCUT2D eigenvalue weighted by Crippen LogP contribution is 2.25. The van der Waals surface area contributed by atoms with Crippen molar-refractivity contribution in [3.8, 4) is 16.9 Å². The molecule has 3 aromatic carbocycles. The molecule has 1 aromatic heterocycles. The van der Waals surface area contributed by atoms with Crippen LogP contribution in [-0.4, -0.2) is 5.97 Å². The standard InChI is InChI=1S/C23H15ClO4/c1-14-2-4-16(5-3-14)22(25)27-19-11-8-17-12-20(23(26)28-21(17)13-19)15-6-9-18(24)10-7-15/h2-13H,1H3. The monoisotopic (exact) mass is 390 g/mol. The Labute approximate surface area is 166 Å². The Bertz CT molecular complexity index is 1220. The number of halogens is 1. The van der Waals surface area contributed by atoms with Gasteiger partial charge in [0.2, 0.25) is 0 Å². The zero-order valence-corrected chi connectivity index (χ0v) is 15.7. The molecule has 0 saturated heterocycles. The number of carbonyl (C=O) groups is 1. The maximum absolute atomic E-state index is 12.4. The molecule has 0 N–H and O–H groups in total. The van der Waals surface area contributed by atoms with Crippen LogP contribution in [0.2, 0.25) is 5.02 Å². The van der Waals surface area contributed by atoms with Gasteiger partial charge in [0.1, 0.15) is 11.3 Å². The van der Waals surface area contributed by atoms with E-state index in [9.17, 15) is 9.59 Å². The number of aryl methyl sites for hydroxylation is 1. The van der Waals surface area contributed by atoms with E-state index in [2.05, 4.69) is 0 Å². The Morgan fingerprint density at radius 1 is 0.929 bits per heavy atom. The normalized spacial score (nSPS) is 10.8. The highest BCUT2D eigenvalue weighted by atomic mass is 35.5. The quantitative estimate of drug-likeness (QED) is 0.258. The number of rotatable bonds is 3. The fraction of sp³-hybridized carbons (Fsp3) is 0.0435. The summed E-state index contributed by atoms with van der Waals surface area (Å²) in [6, 6.07) is 20.7. The van der Waals surface area contributed by atoms with Gasteiger partial charge in [-0.2, -0.15) is 0 Å². The molecule has 5 heteroatoms. The van der Waals surface area contributed by atoms with Crippen molar-refractivity contribution in [3.05, 3.63) is 99.4 Å². The molecule has 4 aromatic rings. The maximum Gasteiger partial charge on any atom is 0.344 e. The largest absolute Gasteiger partial charge is 0.423 e. The third-order valence-corrected chi connectivity index (χ3v) is 4.61. The molecule has 138 valence electrons. The molecule has 0 atom stereocenters. The van der Waals surface area contributed by atoms with Gasteiger partial charge in [-0.05, 0) is 55.0 Å². The fourth-order valence-corrected chi connectivity index (χ4v) is 2.97. The van der Waals surface area contributed by atoms with Crippen molar-refractivity contribution < 1.29 is 13.9 Å². The molecule has 0 fully saturated rings. The first-order valence-corrected chi connectivity index (χ1v) is 9.00. The van der Waals surface area contributed by atoms with Crippen molar-refractivity contribution in [1.82, 2.24) is 0 Å². The molecule has 4 nitrogen and oxygen atoms in total. The summed E-state index contributed by atoms with van der Waals surface area (Å²) in [5, 5.41) is 1.31. The first-order chi connectivity index (χ1) is 13.5. The van der Waals surface area contributed by atoms with Gasteiger partial charge in [0.15, 0.2) is 0 Å². The molecule has 0 radical (unpaired) electrons. The molecule has 0 aliphatic carbocycles. The van der Waals surface area contributed by atoms with Crippen LogP contribution in [0.15, 0.2) is 82.0 Å². The van der Waals surface area contributed by atoms with Crippen LogP contribution >= 0.6 is 11.6 Å². The number of fused-ring (bicyclic) bond motifs is 1. The van der Waals surface area contributed by atoms with E-state index in [4.69, 9.17) is 20.8 Å². The van der Waals surface area contributed by atoms with Gasteiger partial charge >= 0.3 is 11.6 Å². The Hall–Kier alpha value is -3.37. The van der Waals surface area contributed by atoms with E-state index < -0.39 is 11.6 Å². The van der Waals surface area contributed by atoms with E-state index in [0.717, 1.165) is 16.5 Å². The predicted octanol–water partition coefficient (Wildman–Crippen LogP) is 5.64. The van der Waals surface area contributed by atoms with Crippen molar-refractivity contribution in [2.45, 2.75) is 6.92 Å². The number of benzene rings is 3. The number of hydrogen-bond acceptors (Lipinski definition) is 4. The third-order valence-electron chi connectivity index (χ3n) is 4.36. The average Bonchev–Trinajstić information content (AvgIpc) is 2.68. The van der Waals surface area contributed by atoms with Crippen LogP contribution in [0, 0.1) is 6.92 Å². The summed E-state index contributed by atoms with van der Waals surface area (Å²) in [6.07, 6.45) is 0. The van der Waals surface area contributed by atoms with Gasteiger partial charge in [0.25, 0.3) is 0 Å². The van der Waals surface area contributed by atoms with E-state index in [1.165, 1.54) is 6.07 Å². The minimum atomic E-state index is -0.475. The molecule has 0 aliphatic heterocycles. The molecule has 0 unspecified atom stereocenters. The summed E-state index contributed by atoms with van der Waals surface area (Å²) in [5.74, 6) is -0.167. The Balaban J connectivity index is 1.65. The zero-order chi connectivity index (χ0) is 19.7. The molecule has 0 bridgehead atoms. The van der Waals surface area contributed by atoms with Crippen LogP contribution in [0.25, 0.3) is 22.1 Å². The van der Waals surface area contributed by atoms with Crippen molar-refractivity contribution in [2.75, 3.05) is 0 Å². The fourth-order valence-electron chi connectivity index (χ4n) is 2.84. The van der Waals surface area contributed by atoms with Crippen molar-refractivity contribution >= 4 is 28.5 Å². The van der Waals surface area contributed by atoms with Gasteiger partial charge < -0.3 is 9.15 Å². The predicted molar refractivity (Wildman–Crippen MR) is 109 cm³/mol. The SMILES string of the molecule is Cc1ccc(C(=O)Oc2ccc3cc(-c4ccc(Cl)cc4)c(=O)oc3c2)cc1. The number of ether oxygens (including phenoxy) is 1. The minimum Gasteiger partial charge on any atom is -0.423 e. The van der Waals surface area contributed by atoms with Crippen LogP contribution in [-0.2, 0) is 0 Å². The van der Waals surface area contributed by atoms with Gasteiger partial charge in [-0.1, -0.05) is 41.4 Å². The summed E-state index contributed by atoms with van der Waals surface area (Å²) >= 11 is 5.90. The molecule has 0 saturated carbocycles. The van der Waals surface area contributed by atoms with E-state index in [0.29, 0.717) is 27.5 Å². The molecular weight excluding hydrogens is 376 g/mol. The van der Waals surface area contributed by atoms with E-state index in [1.807, 2.05) is 19.1 Å². The van der Waals surface area contributed by atoms with Crippen LogP contribution in [0.1, 0.15) is 15.9 Å². The van der Waals surface area contributed by atoms with Gasteiger partial charge in [0.05, 0.1) is 11.1 Å². The summed E-state index contributed by atoms with van der Waals surface area (Å²) < 4.78 is 10.8. The van der Waals surface area contributed by atoms with Crippen LogP contribution in [0.4, 0.5) is 0 Å². The van der Waals surface area contributed by atoms with E-state index in [-0.39, 0.29) is 0 Å². The molecule has 0 aliphatic rings. The number of hydrogen-bond donors (Lipinski definition) is 0. The summed E-state index contributed by atoms with van der Waals surface area (Å²) in [4.78, 5) is 24.7. The minimum absolute atomic E-state index is 0.306. The van der Waals surface area contributed by atoms with E-state index in [1.54, 1.807) is 54.6 Å². The van der Waals surface area contributed by atoms with Gasteiger partial charge in [0, 0.05) is 16.5 Å². The lowest BCUT2D eigenvalue weighted by Crippen LogP contribution is -2.08. The average molecular weight is 391 g/mol. The second-order valence-electron chi connectivity index (χ2n) is 6.41. The molecule has 0 amide bonds. The first kappa shape index (κ1) is 18.0. The molecular formula is C23H15ClO4. The smallest absolute Gasteiger partial charge is 0.344 e. The Kier molecular flexibility index (Phi) is 4.72. The van der Waals surface area contributed by atoms with Gasteiger partial charge in [-0.15, -0.1) is 0 Å². The van der Waals surface area contributed by atoms with Crippen molar-refractivity contribution in [3.63, 3.8) is 0 Å². The second kappa shape index (κ2) is 7.33. The lowest BCUT2D eigenvalue weighted by molar-refractivity contribution is 0.0735. The van der Waals surface area contributed by atoms with Gasteiger partial charge in [-0.3, -0.25) is 0 Å². The summed E-state index contributed by atoms with van der Waals surface area (Å²) in [5.41, 5.74) is 2.53. The maximum atomic E-state index is 12.4. The molecule has 0 spiro atoms. The van der Waals surface area contributed by atoms with E-state index >= 15 is 0 Å². The van der Waals surface area contributed by atoms with Crippen molar-refractivity contribution in [1.29, 1.82) is 0 Å². The zero-order valence-electron chi connectivity index (χ0n) is 14.9. The first-order valence-electron chi connectivity index (χ1n) is 8.62. The highest BCUT2D eigenvalue weighted by molar-refractivity contribution is 6.30. The van der Waals surface area contributed by atoms with Crippen molar-refractivity contribution in [2.24, 2.45) is 0 Å².